The maximum atomic E-state index is 5.71. The number of thioether (sulfide) groups is 1. The van der Waals surface area contributed by atoms with Crippen LogP contribution in [-0.4, -0.2) is 23.0 Å². The van der Waals surface area contributed by atoms with Crippen LogP contribution in [0.15, 0.2) is 18.3 Å². The minimum absolute atomic E-state index is 0.434. The average molecular weight is 217 g/mol. The Balaban J connectivity index is 2.49. The zero-order valence-corrected chi connectivity index (χ0v) is 9.32. The molecule has 13 heavy (non-hydrogen) atoms. The predicted molar refractivity (Wildman–Crippen MR) is 60.7 cm³/mol. The first-order valence-corrected chi connectivity index (χ1v) is 5.86. The summed E-state index contributed by atoms with van der Waals surface area (Å²) in [4.78, 5) is 4.15. The van der Waals surface area contributed by atoms with Crippen LogP contribution >= 0.6 is 23.4 Å². The summed E-state index contributed by atoms with van der Waals surface area (Å²) in [6, 6.07) is 4.16. The number of nitrogens with zero attached hydrogens (tertiary/aromatic N) is 1. The van der Waals surface area contributed by atoms with E-state index >= 15 is 0 Å². The molecule has 0 saturated heterocycles. The van der Waals surface area contributed by atoms with Crippen molar-refractivity contribution >= 4 is 29.2 Å². The van der Waals surface area contributed by atoms with E-state index in [-0.39, 0.29) is 0 Å². The molecule has 0 radical (unpaired) electrons. The Morgan fingerprint density at radius 2 is 2.38 bits per heavy atom. The van der Waals surface area contributed by atoms with Crippen LogP contribution in [0.3, 0.4) is 0 Å². The lowest BCUT2D eigenvalue weighted by Crippen LogP contribution is -2.18. The molecule has 0 saturated carbocycles. The van der Waals surface area contributed by atoms with Gasteiger partial charge < -0.3 is 5.32 Å². The van der Waals surface area contributed by atoms with Gasteiger partial charge in [-0.3, -0.25) is 0 Å². The zero-order chi connectivity index (χ0) is 9.68. The van der Waals surface area contributed by atoms with Crippen molar-refractivity contribution in [2.45, 2.75) is 13.0 Å². The van der Waals surface area contributed by atoms with Gasteiger partial charge in [0.15, 0.2) is 0 Å². The molecule has 4 heteroatoms. The SMILES string of the molecule is CSCC(C)Nc1ccc(Cl)cn1. The Bertz CT molecular complexity index is 250. The van der Waals surface area contributed by atoms with Crippen molar-refractivity contribution in [3.8, 4) is 0 Å². The van der Waals surface area contributed by atoms with Gasteiger partial charge in [0.2, 0.25) is 0 Å². The molecule has 72 valence electrons. The fourth-order valence-electron chi connectivity index (χ4n) is 1.01. The van der Waals surface area contributed by atoms with Crippen LogP contribution in [-0.2, 0) is 0 Å². The second kappa shape index (κ2) is 5.35. The normalized spacial score (nSPS) is 12.5. The molecule has 0 aliphatic rings. The fourth-order valence-corrected chi connectivity index (χ4v) is 1.70. The second-order valence-corrected chi connectivity index (χ2v) is 4.21. The van der Waals surface area contributed by atoms with Gasteiger partial charge in [0.1, 0.15) is 5.82 Å². The standard InChI is InChI=1S/C9H13ClN2S/c1-7(6-13-2)12-9-4-3-8(10)5-11-9/h3-5,7H,6H2,1-2H3,(H,11,12). The highest BCUT2D eigenvalue weighted by molar-refractivity contribution is 7.98. The minimum atomic E-state index is 0.434. The Morgan fingerprint density at radius 3 is 2.92 bits per heavy atom. The first kappa shape index (κ1) is 10.7. The fraction of sp³-hybridized carbons (Fsp3) is 0.444. The summed E-state index contributed by atoms with van der Waals surface area (Å²) in [6.45, 7) is 2.13. The number of rotatable bonds is 4. The quantitative estimate of drug-likeness (QED) is 0.838. The number of anilines is 1. The van der Waals surface area contributed by atoms with E-state index in [0.29, 0.717) is 11.1 Å². The lowest BCUT2D eigenvalue weighted by Gasteiger charge is -2.12. The molecule has 0 fully saturated rings. The Morgan fingerprint density at radius 1 is 1.62 bits per heavy atom. The van der Waals surface area contributed by atoms with Crippen LogP contribution in [0.2, 0.25) is 5.02 Å². The topological polar surface area (TPSA) is 24.9 Å². The molecule has 1 N–H and O–H groups in total. The van der Waals surface area contributed by atoms with Crippen LogP contribution < -0.4 is 5.32 Å². The van der Waals surface area contributed by atoms with Crippen molar-refractivity contribution in [2.75, 3.05) is 17.3 Å². The Hall–Kier alpha value is -0.410. The van der Waals surface area contributed by atoms with Gasteiger partial charge in [0, 0.05) is 18.0 Å². The predicted octanol–water partition coefficient (Wildman–Crippen LogP) is 2.90. The highest BCUT2D eigenvalue weighted by atomic mass is 35.5. The summed E-state index contributed by atoms with van der Waals surface area (Å²) >= 11 is 7.53. The molecule has 0 aliphatic heterocycles. The van der Waals surface area contributed by atoms with E-state index in [1.807, 2.05) is 23.9 Å². The molecule has 1 aromatic heterocycles. The molecule has 1 atom stereocenters. The Kier molecular flexibility index (Phi) is 4.39. The van der Waals surface area contributed by atoms with E-state index in [4.69, 9.17) is 11.6 Å². The summed E-state index contributed by atoms with van der Waals surface area (Å²) < 4.78 is 0. The molecular formula is C9H13ClN2S. The molecule has 1 aromatic rings. The highest BCUT2D eigenvalue weighted by Gasteiger charge is 2.00. The molecule has 0 aromatic carbocycles. The molecule has 0 aliphatic carbocycles. The van der Waals surface area contributed by atoms with Gasteiger partial charge in [-0.2, -0.15) is 11.8 Å². The first-order chi connectivity index (χ1) is 6.22. The molecule has 0 spiro atoms. The van der Waals surface area contributed by atoms with E-state index in [9.17, 15) is 0 Å². The van der Waals surface area contributed by atoms with Crippen molar-refractivity contribution in [1.82, 2.24) is 4.98 Å². The Labute approximate surface area is 88.1 Å². The average Bonchev–Trinajstić information content (AvgIpc) is 2.09. The number of halogens is 1. The first-order valence-electron chi connectivity index (χ1n) is 4.09. The van der Waals surface area contributed by atoms with Crippen molar-refractivity contribution in [3.63, 3.8) is 0 Å². The van der Waals surface area contributed by atoms with Gasteiger partial charge in [-0.15, -0.1) is 0 Å². The lowest BCUT2D eigenvalue weighted by molar-refractivity contribution is 0.903. The summed E-state index contributed by atoms with van der Waals surface area (Å²) in [5.74, 6) is 1.95. The van der Waals surface area contributed by atoms with Crippen LogP contribution in [0.5, 0.6) is 0 Å². The molecule has 1 unspecified atom stereocenters. The molecular weight excluding hydrogens is 204 g/mol. The van der Waals surface area contributed by atoms with Gasteiger partial charge in [-0.25, -0.2) is 4.98 Å². The number of hydrogen-bond donors (Lipinski definition) is 1. The van der Waals surface area contributed by atoms with E-state index < -0.39 is 0 Å². The van der Waals surface area contributed by atoms with Gasteiger partial charge in [-0.05, 0) is 25.3 Å². The van der Waals surface area contributed by atoms with Crippen molar-refractivity contribution in [2.24, 2.45) is 0 Å². The lowest BCUT2D eigenvalue weighted by atomic mass is 10.4. The monoisotopic (exact) mass is 216 g/mol. The van der Waals surface area contributed by atoms with Gasteiger partial charge in [-0.1, -0.05) is 11.6 Å². The van der Waals surface area contributed by atoms with Crippen molar-refractivity contribution in [1.29, 1.82) is 0 Å². The van der Waals surface area contributed by atoms with Gasteiger partial charge >= 0.3 is 0 Å². The molecule has 2 nitrogen and oxygen atoms in total. The zero-order valence-electron chi connectivity index (χ0n) is 7.75. The van der Waals surface area contributed by atoms with Crippen LogP contribution in [0.1, 0.15) is 6.92 Å². The summed E-state index contributed by atoms with van der Waals surface area (Å²) in [6.07, 6.45) is 3.74. The van der Waals surface area contributed by atoms with Gasteiger partial charge in [0.25, 0.3) is 0 Å². The van der Waals surface area contributed by atoms with Crippen molar-refractivity contribution in [3.05, 3.63) is 23.4 Å². The number of aromatic nitrogens is 1. The number of pyridine rings is 1. The summed E-state index contributed by atoms with van der Waals surface area (Å²) in [5, 5.41) is 3.95. The smallest absolute Gasteiger partial charge is 0.126 e. The molecule has 1 heterocycles. The van der Waals surface area contributed by atoms with E-state index in [1.54, 1.807) is 6.20 Å². The highest BCUT2D eigenvalue weighted by Crippen LogP contribution is 2.11. The number of nitrogens with one attached hydrogen (secondary N) is 1. The minimum Gasteiger partial charge on any atom is -0.367 e. The molecule has 0 bridgehead atoms. The largest absolute Gasteiger partial charge is 0.367 e. The van der Waals surface area contributed by atoms with Crippen LogP contribution in [0.25, 0.3) is 0 Å². The van der Waals surface area contributed by atoms with E-state index in [2.05, 4.69) is 23.5 Å². The van der Waals surface area contributed by atoms with Crippen molar-refractivity contribution < 1.29 is 0 Å². The molecule has 1 rings (SSSR count). The third kappa shape index (κ3) is 3.87. The maximum Gasteiger partial charge on any atom is 0.126 e. The summed E-state index contributed by atoms with van der Waals surface area (Å²) in [7, 11) is 0. The summed E-state index contributed by atoms with van der Waals surface area (Å²) in [5.41, 5.74) is 0. The van der Waals surface area contributed by atoms with E-state index in [0.717, 1.165) is 11.6 Å². The second-order valence-electron chi connectivity index (χ2n) is 2.86. The van der Waals surface area contributed by atoms with E-state index in [1.165, 1.54) is 0 Å². The third-order valence-corrected chi connectivity index (χ3v) is 2.60. The molecule has 0 amide bonds. The maximum absolute atomic E-state index is 5.71. The third-order valence-electron chi connectivity index (χ3n) is 1.54. The van der Waals surface area contributed by atoms with Crippen LogP contribution in [0, 0.1) is 0 Å². The van der Waals surface area contributed by atoms with Crippen LogP contribution in [0.4, 0.5) is 5.82 Å². The van der Waals surface area contributed by atoms with Gasteiger partial charge in [0.05, 0.1) is 5.02 Å². The number of hydrogen-bond acceptors (Lipinski definition) is 3.